The zero-order valence-corrected chi connectivity index (χ0v) is 47.9. The molecule has 1 aliphatic heterocycles. The average molecular weight is 1080 g/mol. The maximum absolute atomic E-state index is 13.2. The summed E-state index contributed by atoms with van der Waals surface area (Å²) in [6.45, 7) is 5.70. The first-order valence-electron chi connectivity index (χ1n) is 29.9. The number of rotatable bonds is 49. The molecule has 0 spiro atoms. The summed E-state index contributed by atoms with van der Waals surface area (Å²) < 4.78 is 28.3. The van der Waals surface area contributed by atoms with Crippen LogP contribution < -0.4 is 0 Å². The first-order valence-corrected chi connectivity index (χ1v) is 29.9. The number of aliphatic hydroxyl groups excluding tert-OH is 2. The van der Waals surface area contributed by atoms with Gasteiger partial charge in [0, 0.05) is 19.3 Å². The number of hydrogen-bond acceptors (Lipinski definition) is 11. The lowest BCUT2D eigenvalue weighted by molar-refractivity contribution is -0.301. The maximum Gasteiger partial charge on any atom is 0.335 e. The van der Waals surface area contributed by atoms with E-state index in [0.717, 1.165) is 89.9 Å². The first kappa shape index (κ1) is 70.4. The van der Waals surface area contributed by atoms with Crippen molar-refractivity contribution < 1.29 is 58.2 Å². The molecule has 0 aromatic carbocycles. The van der Waals surface area contributed by atoms with Gasteiger partial charge in [0.15, 0.2) is 24.6 Å². The number of aliphatic carboxylic acids is 1. The molecule has 1 heterocycles. The molecule has 12 nitrogen and oxygen atoms in total. The lowest BCUT2D eigenvalue weighted by atomic mass is 9.98. The number of carbonyl (C=O) groups excluding carboxylic acids is 3. The molecule has 0 aliphatic carbocycles. The van der Waals surface area contributed by atoms with E-state index < -0.39 is 67.3 Å². The van der Waals surface area contributed by atoms with Gasteiger partial charge >= 0.3 is 23.9 Å². The topological polar surface area (TPSA) is 175 Å². The van der Waals surface area contributed by atoms with Crippen molar-refractivity contribution >= 4 is 23.9 Å². The Hall–Kier alpha value is -4.62. The standard InChI is InChI=1S/C65H104O12/c1-4-7-10-13-16-19-22-25-28-29-32-35-38-41-44-47-50-53-59(68)76-63-61(70)60(69)62(64(71)72)77-65(63)74-55-56(75-58(67)52-49-46-43-40-37-34-31-27-24-21-18-15-12-9-6-3)54-73-57(66)51-48-45-42-39-36-33-30-26-23-20-17-14-11-8-5-2/h7-8,10-11,16-17,19-20,25-26,28,30,32,35-36,39,41,44,56,60-63,65,69-70H,4-6,9,12-15,18,21-24,27,29,31,33-34,37-38,40,42-43,45-55H2,1-3H3,(H,71,72)/b10-7-,11-8-,19-16-,20-17-,28-25-,30-26-,35-32-,39-36-,44-41-. The fourth-order valence-electron chi connectivity index (χ4n) is 8.34. The minimum Gasteiger partial charge on any atom is -0.479 e. The molecular weight excluding hydrogens is 973 g/mol. The number of carboxylic acids is 1. The number of allylic oxidation sites excluding steroid dienone is 18. The largest absolute Gasteiger partial charge is 0.479 e. The molecule has 0 aromatic heterocycles. The van der Waals surface area contributed by atoms with Gasteiger partial charge < -0.3 is 39.0 Å². The highest BCUT2D eigenvalue weighted by Crippen LogP contribution is 2.26. The van der Waals surface area contributed by atoms with Gasteiger partial charge in [0.2, 0.25) is 0 Å². The molecule has 0 amide bonds. The summed E-state index contributed by atoms with van der Waals surface area (Å²) in [5.41, 5.74) is 0. The molecule has 0 bridgehead atoms. The highest BCUT2D eigenvalue weighted by atomic mass is 16.7. The average Bonchev–Trinajstić information content (AvgIpc) is 3.43. The Morgan fingerprint density at radius 2 is 0.831 bits per heavy atom. The molecular formula is C65H104O12. The van der Waals surface area contributed by atoms with Gasteiger partial charge in [-0.05, 0) is 96.3 Å². The third kappa shape index (κ3) is 42.1. The number of aliphatic hydroxyl groups is 2. The number of unbranched alkanes of at least 4 members (excludes halogenated alkanes) is 17. The van der Waals surface area contributed by atoms with Crippen LogP contribution in [0.15, 0.2) is 109 Å². The summed E-state index contributed by atoms with van der Waals surface area (Å²) in [5, 5.41) is 31.5. The van der Waals surface area contributed by atoms with Gasteiger partial charge in [0.05, 0.1) is 6.61 Å². The third-order valence-electron chi connectivity index (χ3n) is 12.8. The van der Waals surface area contributed by atoms with Gasteiger partial charge in [-0.1, -0.05) is 220 Å². The van der Waals surface area contributed by atoms with Crippen LogP contribution in [-0.4, -0.2) is 89.2 Å². The molecule has 1 fully saturated rings. The zero-order chi connectivity index (χ0) is 56.1. The van der Waals surface area contributed by atoms with Crippen LogP contribution in [0.4, 0.5) is 0 Å². The van der Waals surface area contributed by atoms with E-state index in [1.165, 1.54) is 70.6 Å². The smallest absolute Gasteiger partial charge is 0.335 e. The lowest BCUT2D eigenvalue weighted by Gasteiger charge is -2.40. The van der Waals surface area contributed by atoms with Gasteiger partial charge in [-0.25, -0.2) is 4.79 Å². The second-order valence-electron chi connectivity index (χ2n) is 19.9. The zero-order valence-electron chi connectivity index (χ0n) is 47.9. The highest BCUT2D eigenvalue weighted by Gasteiger charge is 2.50. The minimum absolute atomic E-state index is 0.0261. The van der Waals surface area contributed by atoms with Crippen LogP contribution in [-0.2, 0) is 42.9 Å². The van der Waals surface area contributed by atoms with Crippen LogP contribution >= 0.6 is 0 Å². The number of carboxylic acid groups (broad SMARTS) is 1. The van der Waals surface area contributed by atoms with Crippen LogP contribution in [0.3, 0.4) is 0 Å². The van der Waals surface area contributed by atoms with E-state index in [4.69, 9.17) is 23.7 Å². The van der Waals surface area contributed by atoms with Crippen molar-refractivity contribution in [1.82, 2.24) is 0 Å². The van der Waals surface area contributed by atoms with Crippen LogP contribution in [0.1, 0.15) is 226 Å². The molecule has 77 heavy (non-hydrogen) atoms. The Balaban J connectivity index is 2.75. The molecule has 1 saturated heterocycles. The van der Waals surface area contributed by atoms with Crippen molar-refractivity contribution in [2.75, 3.05) is 13.2 Å². The normalized spacial score (nSPS) is 18.8. The van der Waals surface area contributed by atoms with Gasteiger partial charge in [-0.3, -0.25) is 14.4 Å². The number of carbonyl (C=O) groups is 4. The van der Waals surface area contributed by atoms with Crippen molar-refractivity contribution in [2.45, 2.75) is 263 Å². The van der Waals surface area contributed by atoms with E-state index in [2.05, 4.69) is 118 Å². The molecule has 12 heteroatoms. The van der Waals surface area contributed by atoms with Gasteiger partial charge in [0.25, 0.3) is 0 Å². The Morgan fingerprint density at radius 1 is 0.442 bits per heavy atom. The predicted octanol–water partition coefficient (Wildman–Crippen LogP) is 15.4. The van der Waals surface area contributed by atoms with Crippen molar-refractivity contribution in [1.29, 1.82) is 0 Å². The summed E-state index contributed by atoms with van der Waals surface area (Å²) in [4.78, 5) is 51.1. The second kappa shape index (κ2) is 52.1. The fraction of sp³-hybridized carbons (Fsp3) is 0.662. The van der Waals surface area contributed by atoms with E-state index in [9.17, 15) is 34.5 Å². The Labute approximate surface area is 465 Å². The molecule has 0 radical (unpaired) electrons. The summed E-state index contributed by atoms with van der Waals surface area (Å²) in [6, 6.07) is 0. The monoisotopic (exact) mass is 1080 g/mol. The minimum atomic E-state index is -1.93. The molecule has 1 aliphatic rings. The van der Waals surface area contributed by atoms with E-state index in [-0.39, 0.29) is 25.9 Å². The maximum atomic E-state index is 13.2. The van der Waals surface area contributed by atoms with E-state index in [1.54, 1.807) is 0 Å². The third-order valence-corrected chi connectivity index (χ3v) is 12.8. The summed E-state index contributed by atoms with van der Waals surface area (Å²) in [6.07, 6.45) is 57.8. The van der Waals surface area contributed by atoms with Crippen LogP contribution in [0.2, 0.25) is 0 Å². The Morgan fingerprint density at radius 3 is 1.29 bits per heavy atom. The molecule has 6 unspecified atom stereocenters. The SMILES string of the molecule is CC/C=C\C/C=C\C/C=C\C/C=C\C/C=C\CCCC(=O)OC1C(OCC(COC(=O)CCCC/C=C\C/C=C\C/C=C\C/C=C\CC)OC(=O)CCCCCCCCCCCCCCCCC)OC(C(=O)O)C(O)C1O. The highest BCUT2D eigenvalue weighted by molar-refractivity contribution is 5.74. The number of ether oxygens (including phenoxy) is 5. The van der Waals surface area contributed by atoms with Gasteiger partial charge in [-0.2, -0.15) is 0 Å². The van der Waals surface area contributed by atoms with E-state index >= 15 is 0 Å². The number of esters is 3. The van der Waals surface area contributed by atoms with Crippen molar-refractivity contribution in [3.8, 4) is 0 Å². The molecule has 0 aromatic rings. The predicted molar refractivity (Wildman–Crippen MR) is 312 cm³/mol. The van der Waals surface area contributed by atoms with Crippen molar-refractivity contribution in [3.05, 3.63) is 109 Å². The summed E-state index contributed by atoms with van der Waals surface area (Å²) in [7, 11) is 0. The molecule has 3 N–H and O–H groups in total. The van der Waals surface area contributed by atoms with Crippen LogP contribution in [0, 0.1) is 0 Å². The number of hydrogen-bond donors (Lipinski definition) is 3. The van der Waals surface area contributed by atoms with Gasteiger partial charge in [-0.15, -0.1) is 0 Å². The van der Waals surface area contributed by atoms with Crippen molar-refractivity contribution in [3.63, 3.8) is 0 Å². The molecule has 436 valence electrons. The Kier molecular flexibility index (Phi) is 47.6. The second-order valence-corrected chi connectivity index (χ2v) is 19.9. The fourth-order valence-corrected chi connectivity index (χ4v) is 8.34. The van der Waals surface area contributed by atoms with Crippen LogP contribution in [0.25, 0.3) is 0 Å². The first-order chi connectivity index (χ1) is 37.6. The van der Waals surface area contributed by atoms with Gasteiger partial charge in [0.1, 0.15) is 18.8 Å². The molecule has 0 saturated carbocycles. The van der Waals surface area contributed by atoms with Crippen LogP contribution in [0.5, 0.6) is 0 Å². The summed E-state index contributed by atoms with van der Waals surface area (Å²) in [5.74, 6) is -3.26. The summed E-state index contributed by atoms with van der Waals surface area (Å²) >= 11 is 0. The van der Waals surface area contributed by atoms with E-state index in [1.807, 2.05) is 12.2 Å². The Bertz CT molecular complexity index is 1750. The van der Waals surface area contributed by atoms with Crippen molar-refractivity contribution in [2.24, 2.45) is 0 Å². The van der Waals surface area contributed by atoms with E-state index in [0.29, 0.717) is 25.7 Å². The molecule has 1 rings (SSSR count). The lowest BCUT2D eigenvalue weighted by Crippen LogP contribution is -2.61. The quantitative estimate of drug-likeness (QED) is 0.0228. The molecule has 6 atom stereocenters.